The smallest absolute Gasteiger partial charge is 0.439 e. The monoisotopic (exact) mass is 435 g/mol. The predicted molar refractivity (Wildman–Crippen MR) is 123 cm³/mol. The van der Waals surface area contributed by atoms with Crippen LogP contribution in [-0.2, 0) is 18.8 Å². The van der Waals surface area contributed by atoms with Gasteiger partial charge in [0.05, 0.1) is 23.2 Å². The molecule has 2 aromatic carbocycles. The number of cyclic esters (lactones) is 1. The maximum atomic E-state index is 13.2. The molecule has 3 unspecified atom stereocenters. The van der Waals surface area contributed by atoms with Gasteiger partial charge < -0.3 is 14.0 Å². The summed E-state index contributed by atoms with van der Waals surface area (Å²) < 4.78 is 17.7. The Morgan fingerprint density at radius 2 is 1.53 bits per heavy atom. The van der Waals surface area contributed by atoms with Crippen molar-refractivity contribution in [1.82, 2.24) is 4.90 Å². The SMILES string of the molecule is CC(C(=O)N1C(=O)OC(c2ccccc2)C1C)c1ccc(B2OC(C)(C)C(C)(C)O2)cc1. The van der Waals surface area contributed by atoms with Gasteiger partial charge in [-0.3, -0.25) is 4.79 Å². The first-order chi connectivity index (χ1) is 15.0. The quantitative estimate of drug-likeness (QED) is 0.674. The van der Waals surface area contributed by atoms with Crippen molar-refractivity contribution in [3.8, 4) is 0 Å². The van der Waals surface area contributed by atoms with E-state index < -0.39 is 36.4 Å². The van der Waals surface area contributed by atoms with Crippen LogP contribution in [0.3, 0.4) is 0 Å². The fourth-order valence-electron chi connectivity index (χ4n) is 4.12. The molecule has 168 valence electrons. The number of rotatable bonds is 4. The first-order valence-electron chi connectivity index (χ1n) is 11.1. The topological polar surface area (TPSA) is 65.1 Å². The molecule has 0 radical (unpaired) electrons. The summed E-state index contributed by atoms with van der Waals surface area (Å²) in [5.74, 6) is -0.767. The molecule has 2 saturated heterocycles. The normalized spacial score (nSPS) is 25.0. The average molecular weight is 435 g/mol. The van der Waals surface area contributed by atoms with E-state index in [2.05, 4.69) is 0 Å². The molecule has 7 heteroatoms. The lowest BCUT2D eigenvalue weighted by Crippen LogP contribution is -2.41. The molecule has 0 bridgehead atoms. The summed E-state index contributed by atoms with van der Waals surface area (Å²) in [5, 5.41) is 0. The Balaban J connectivity index is 1.48. The first-order valence-corrected chi connectivity index (χ1v) is 11.1. The van der Waals surface area contributed by atoms with Crippen LogP contribution in [-0.4, -0.2) is 41.3 Å². The number of hydrogen-bond acceptors (Lipinski definition) is 5. The number of benzene rings is 2. The molecule has 6 nitrogen and oxygen atoms in total. The van der Waals surface area contributed by atoms with Gasteiger partial charge >= 0.3 is 13.2 Å². The molecule has 2 heterocycles. The van der Waals surface area contributed by atoms with Crippen LogP contribution in [0.15, 0.2) is 54.6 Å². The van der Waals surface area contributed by atoms with Gasteiger partial charge in [-0.2, -0.15) is 0 Å². The number of nitrogens with zero attached hydrogens (tertiary/aromatic N) is 1. The molecular formula is C25H30BNO5. The van der Waals surface area contributed by atoms with Gasteiger partial charge in [-0.25, -0.2) is 9.69 Å². The summed E-state index contributed by atoms with van der Waals surface area (Å²) in [6.07, 6.45) is -1.07. The number of amides is 2. The zero-order chi connectivity index (χ0) is 23.3. The van der Waals surface area contributed by atoms with E-state index in [9.17, 15) is 9.59 Å². The lowest BCUT2D eigenvalue weighted by Gasteiger charge is -2.32. The lowest BCUT2D eigenvalue weighted by molar-refractivity contribution is -0.130. The van der Waals surface area contributed by atoms with Crippen LogP contribution >= 0.6 is 0 Å². The fourth-order valence-corrected chi connectivity index (χ4v) is 4.12. The molecule has 2 aliphatic rings. The Hall–Kier alpha value is -2.64. The van der Waals surface area contributed by atoms with Gasteiger partial charge in [0.2, 0.25) is 5.91 Å². The minimum Gasteiger partial charge on any atom is -0.439 e. The molecule has 2 fully saturated rings. The van der Waals surface area contributed by atoms with Gasteiger partial charge in [0.15, 0.2) is 0 Å². The second kappa shape index (κ2) is 8.05. The van der Waals surface area contributed by atoms with E-state index in [-0.39, 0.29) is 11.9 Å². The van der Waals surface area contributed by atoms with Crippen molar-refractivity contribution in [2.24, 2.45) is 0 Å². The summed E-state index contributed by atoms with van der Waals surface area (Å²) in [6.45, 7) is 11.7. The van der Waals surface area contributed by atoms with Crippen LogP contribution < -0.4 is 5.46 Å². The van der Waals surface area contributed by atoms with Crippen LogP contribution in [0, 0.1) is 0 Å². The van der Waals surface area contributed by atoms with Gasteiger partial charge in [0, 0.05) is 0 Å². The zero-order valence-electron chi connectivity index (χ0n) is 19.5. The van der Waals surface area contributed by atoms with Crippen molar-refractivity contribution >= 4 is 24.6 Å². The van der Waals surface area contributed by atoms with Crippen molar-refractivity contribution in [2.45, 2.75) is 70.8 Å². The molecular weight excluding hydrogens is 405 g/mol. The van der Waals surface area contributed by atoms with Crippen molar-refractivity contribution < 1.29 is 23.6 Å². The van der Waals surface area contributed by atoms with E-state index in [1.165, 1.54) is 4.90 Å². The van der Waals surface area contributed by atoms with E-state index in [0.717, 1.165) is 16.6 Å². The van der Waals surface area contributed by atoms with E-state index >= 15 is 0 Å². The Morgan fingerprint density at radius 3 is 2.09 bits per heavy atom. The largest absolute Gasteiger partial charge is 0.494 e. The van der Waals surface area contributed by atoms with E-state index in [0.29, 0.717) is 0 Å². The number of hydrogen-bond donors (Lipinski definition) is 0. The van der Waals surface area contributed by atoms with Crippen LogP contribution in [0.5, 0.6) is 0 Å². The van der Waals surface area contributed by atoms with Crippen molar-refractivity contribution in [3.63, 3.8) is 0 Å². The zero-order valence-corrected chi connectivity index (χ0v) is 19.5. The second-order valence-corrected chi connectivity index (χ2v) is 9.64. The van der Waals surface area contributed by atoms with E-state index in [1.807, 2.05) is 96.1 Å². The van der Waals surface area contributed by atoms with E-state index in [4.69, 9.17) is 14.0 Å². The number of ether oxygens (including phenoxy) is 1. The molecule has 0 saturated carbocycles. The van der Waals surface area contributed by atoms with Gasteiger partial charge in [-0.1, -0.05) is 54.6 Å². The molecule has 0 aromatic heterocycles. The third-order valence-electron chi connectivity index (χ3n) is 6.97. The molecule has 0 aliphatic carbocycles. The second-order valence-electron chi connectivity index (χ2n) is 9.64. The van der Waals surface area contributed by atoms with Gasteiger partial charge in [-0.15, -0.1) is 0 Å². The Labute approximate surface area is 190 Å². The average Bonchev–Trinajstić information content (AvgIpc) is 3.18. The molecule has 2 amide bonds. The van der Waals surface area contributed by atoms with Gasteiger partial charge in [0.25, 0.3) is 0 Å². The first kappa shape index (κ1) is 22.6. The fraction of sp³-hybridized carbons (Fsp3) is 0.440. The standard InChI is InChI=1S/C25H30BNO5/c1-16(18-12-14-20(15-13-18)26-31-24(3,4)25(5,6)32-26)22(28)27-17(2)21(30-23(27)29)19-10-8-7-9-11-19/h7-17,21H,1-6H3. The number of carbonyl (C=O) groups is 2. The minimum absolute atomic E-state index is 0.274. The number of imide groups is 1. The van der Waals surface area contributed by atoms with Crippen LogP contribution in [0.4, 0.5) is 4.79 Å². The molecule has 32 heavy (non-hydrogen) atoms. The molecule has 2 aromatic rings. The number of carbonyl (C=O) groups excluding carboxylic acids is 2. The van der Waals surface area contributed by atoms with Gasteiger partial charge in [-0.05, 0) is 58.1 Å². The summed E-state index contributed by atoms with van der Waals surface area (Å²) in [7, 11) is -0.458. The highest BCUT2D eigenvalue weighted by molar-refractivity contribution is 6.62. The maximum absolute atomic E-state index is 13.2. The summed E-state index contributed by atoms with van der Waals surface area (Å²) in [4.78, 5) is 27.0. The third kappa shape index (κ3) is 3.84. The van der Waals surface area contributed by atoms with E-state index in [1.54, 1.807) is 0 Å². The summed E-state index contributed by atoms with van der Waals surface area (Å²) >= 11 is 0. The minimum atomic E-state index is -0.600. The van der Waals surface area contributed by atoms with Crippen molar-refractivity contribution in [3.05, 3.63) is 65.7 Å². The molecule has 0 N–H and O–H groups in total. The third-order valence-corrected chi connectivity index (χ3v) is 6.97. The van der Waals surface area contributed by atoms with Crippen LogP contribution in [0.1, 0.15) is 64.7 Å². The van der Waals surface area contributed by atoms with Crippen LogP contribution in [0.25, 0.3) is 0 Å². The molecule has 4 rings (SSSR count). The van der Waals surface area contributed by atoms with Crippen molar-refractivity contribution in [1.29, 1.82) is 0 Å². The maximum Gasteiger partial charge on any atom is 0.494 e. The Bertz CT molecular complexity index is 989. The molecule has 3 atom stereocenters. The highest BCUT2D eigenvalue weighted by Crippen LogP contribution is 2.37. The van der Waals surface area contributed by atoms with Crippen LogP contribution in [0.2, 0.25) is 0 Å². The molecule has 2 aliphatic heterocycles. The van der Waals surface area contributed by atoms with Crippen molar-refractivity contribution in [2.75, 3.05) is 0 Å². The highest BCUT2D eigenvalue weighted by Gasteiger charge is 2.51. The molecule has 0 spiro atoms. The summed E-state index contributed by atoms with van der Waals surface area (Å²) in [5.41, 5.74) is 1.76. The Morgan fingerprint density at radius 1 is 0.969 bits per heavy atom. The van der Waals surface area contributed by atoms with Gasteiger partial charge in [0.1, 0.15) is 6.10 Å². The Kier molecular flexibility index (Phi) is 5.67. The highest BCUT2D eigenvalue weighted by atomic mass is 16.7. The summed E-state index contributed by atoms with van der Waals surface area (Å²) in [6, 6.07) is 16.7. The lowest BCUT2D eigenvalue weighted by atomic mass is 9.78. The predicted octanol–water partition coefficient (Wildman–Crippen LogP) is 4.20.